The van der Waals surface area contributed by atoms with E-state index in [9.17, 15) is 0 Å². The summed E-state index contributed by atoms with van der Waals surface area (Å²) < 4.78 is 5.05. The van der Waals surface area contributed by atoms with Crippen LogP contribution in [-0.2, 0) is 0 Å². The maximum atomic E-state index is 8.25. The van der Waals surface area contributed by atoms with Crippen molar-refractivity contribution in [3.05, 3.63) is 29.8 Å². The fraction of sp³-hybridized carbons (Fsp3) is 0.111. The molecule has 13 heavy (non-hydrogen) atoms. The molecule has 0 saturated heterocycles. The third kappa shape index (κ3) is 2.83. The summed E-state index contributed by atoms with van der Waals surface area (Å²) in [6.07, 6.45) is 1.54. The van der Waals surface area contributed by atoms with E-state index in [0.717, 1.165) is 5.56 Å². The van der Waals surface area contributed by atoms with Gasteiger partial charge >= 0.3 is 0 Å². The highest BCUT2D eigenvalue weighted by molar-refractivity contribution is 5.79. The van der Waals surface area contributed by atoms with Gasteiger partial charge in [-0.25, -0.2) is 0 Å². The maximum absolute atomic E-state index is 8.25. The molecule has 0 unspecified atom stereocenters. The third-order valence-corrected chi connectivity index (χ3v) is 1.41. The second kappa shape index (κ2) is 4.78. The molecule has 0 atom stereocenters. The van der Waals surface area contributed by atoms with Crippen molar-refractivity contribution in [3.63, 3.8) is 0 Å². The molecule has 0 aliphatic carbocycles. The molecule has 0 radical (unpaired) electrons. The topological polar surface area (TPSA) is 71.4 Å². The van der Waals surface area contributed by atoms with Gasteiger partial charge in [0.1, 0.15) is 11.8 Å². The molecule has 0 aliphatic heterocycles. The molecule has 0 saturated carbocycles. The Bertz CT molecular complexity index is 324. The lowest BCUT2D eigenvalue weighted by Crippen LogP contribution is -1.93. The molecule has 0 aliphatic rings. The van der Waals surface area contributed by atoms with Crippen molar-refractivity contribution in [1.29, 1.82) is 5.26 Å². The fourth-order valence-corrected chi connectivity index (χ4v) is 0.852. The minimum Gasteiger partial charge on any atom is -0.479 e. The molecule has 0 fully saturated rings. The highest BCUT2D eigenvalue weighted by Crippen LogP contribution is 2.10. The molecule has 2 N–H and O–H groups in total. The Labute approximate surface area is 76.2 Å². The Morgan fingerprint density at radius 3 is 2.69 bits per heavy atom. The van der Waals surface area contributed by atoms with E-state index in [4.69, 9.17) is 15.8 Å². The number of hydrogen-bond acceptors (Lipinski definition) is 4. The van der Waals surface area contributed by atoms with Crippen molar-refractivity contribution in [2.24, 2.45) is 10.9 Å². The van der Waals surface area contributed by atoms with E-state index in [0.29, 0.717) is 5.75 Å². The lowest BCUT2D eigenvalue weighted by Gasteiger charge is -2.00. The van der Waals surface area contributed by atoms with Gasteiger partial charge in [0.2, 0.25) is 0 Å². The number of rotatable bonds is 3. The van der Waals surface area contributed by atoms with Crippen LogP contribution in [0.2, 0.25) is 0 Å². The molecule has 0 amide bonds. The molecule has 1 aromatic rings. The van der Waals surface area contributed by atoms with Gasteiger partial charge in [-0.05, 0) is 29.8 Å². The summed E-state index contributed by atoms with van der Waals surface area (Å²) in [5.41, 5.74) is 0.895. The summed E-state index contributed by atoms with van der Waals surface area (Å²) in [5, 5.41) is 11.6. The van der Waals surface area contributed by atoms with Crippen molar-refractivity contribution in [3.8, 4) is 11.8 Å². The average molecular weight is 175 g/mol. The van der Waals surface area contributed by atoms with E-state index in [2.05, 4.69) is 5.10 Å². The summed E-state index contributed by atoms with van der Waals surface area (Å²) in [4.78, 5) is 0. The third-order valence-electron chi connectivity index (χ3n) is 1.41. The van der Waals surface area contributed by atoms with Crippen molar-refractivity contribution < 1.29 is 4.74 Å². The molecule has 4 heteroatoms. The first kappa shape index (κ1) is 9.07. The van der Waals surface area contributed by atoms with Crippen LogP contribution in [0.25, 0.3) is 0 Å². The largest absolute Gasteiger partial charge is 0.479 e. The quantitative estimate of drug-likeness (QED) is 0.421. The van der Waals surface area contributed by atoms with Gasteiger partial charge in [-0.3, -0.25) is 0 Å². The first-order chi connectivity index (χ1) is 6.36. The van der Waals surface area contributed by atoms with Crippen LogP contribution in [0, 0.1) is 11.3 Å². The molecule has 1 rings (SSSR count). The zero-order valence-electron chi connectivity index (χ0n) is 6.97. The summed E-state index contributed by atoms with van der Waals surface area (Å²) >= 11 is 0. The lowest BCUT2D eigenvalue weighted by molar-refractivity contribution is 0.368. The summed E-state index contributed by atoms with van der Waals surface area (Å²) in [6, 6.07) is 9.02. The minimum atomic E-state index is 0.0598. The van der Waals surface area contributed by atoms with Gasteiger partial charge < -0.3 is 10.6 Å². The van der Waals surface area contributed by atoms with Crippen LogP contribution in [0.4, 0.5) is 0 Å². The lowest BCUT2D eigenvalue weighted by atomic mass is 10.2. The van der Waals surface area contributed by atoms with Crippen molar-refractivity contribution >= 4 is 6.21 Å². The minimum absolute atomic E-state index is 0.0598. The van der Waals surface area contributed by atoms with Gasteiger partial charge in [-0.2, -0.15) is 10.4 Å². The van der Waals surface area contributed by atoms with E-state index >= 15 is 0 Å². The van der Waals surface area contributed by atoms with Crippen LogP contribution in [0.15, 0.2) is 29.4 Å². The Kier molecular flexibility index (Phi) is 3.33. The molecule has 4 nitrogen and oxygen atoms in total. The zero-order chi connectivity index (χ0) is 9.52. The van der Waals surface area contributed by atoms with Crippen LogP contribution in [0.3, 0.4) is 0 Å². The number of nitriles is 1. The van der Waals surface area contributed by atoms with Gasteiger partial charge in [0.15, 0.2) is 6.61 Å². The number of hydrogen-bond donors (Lipinski definition) is 1. The van der Waals surface area contributed by atoms with E-state index in [1.165, 1.54) is 6.21 Å². The predicted octanol–water partition coefficient (Wildman–Crippen LogP) is 0.882. The van der Waals surface area contributed by atoms with Gasteiger partial charge in [0.25, 0.3) is 0 Å². The molecule has 0 spiro atoms. The van der Waals surface area contributed by atoms with E-state index in [1.807, 2.05) is 18.2 Å². The first-order valence-electron chi connectivity index (χ1n) is 3.70. The molecule has 1 aromatic carbocycles. The number of ether oxygens (including phenoxy) is 1. The summed E-state index contributed by atoms with van der Waals surface area (Å²) in [5.74, 6) is 5.64. The average Bonchev–Trinajstić information content (AvgIpc) is 2.17. The zero-order valence-corrected chi connectivity index (χ0v) is 6.97. The standard InChI is InChI=1S/C9H9N3O/c10-5-6-13-9-3-1-8(2-4-9)7-12-11/h1-4,7H,6,11H2/b12-7+. The predicted molar refractivity (Wildman–Crippen MR) is 49.3 cm³/mol. The molecule has 66 valence electrons. The molecular formula is C9H9N3O. The Morgan fingerprint density at radius 1 is 1.46 bits per heavy atom. The van der Waals surface area contributed by atoms with Crippen LogP contribution >= 0.6 is 0 Å². The van der Waals surface area contributed by atoms with Crippen LogP contribution in [-0.4, -0.2) is 12.8 Å². The maximum Gasteiger partial charge on any atom is 0.174 e. The number of benzene rings is 1. The SMILES string of the molecule is N#CCOc1ccc(/C=N/N)cc1. The smallest absolute Gasteiger partial charge is 0.174 e. The van der Waals surface area contributed by atoms with Gasteiger partial charge in [-0.1, -0.05) is 0 Å². The van der Waals surface area contributed by atoms with E-state index in [-0.39, 0.29) is 6.61 Å². The molecule has 0 bridgehead atoms. The monoisotopic (exact) mass is 175 g/mol. The van der Waals surface area contributed by atoms with Crippen LogP contribution in [0.5, 0.6) is 5.75 Å². The summed E-state index contributed by atoms with van der Waals surface area (Å²) in [7, 11) is 0. The van der Waals surface area contributed by atoms with Gasteiger partial charge in [0, 0.05) is 0 Å². The fourth-order valence-electron chi connectivity index (χ4n) is 0.852. The Balaban J connectivity index is 2.65. The van der Waals surface area contributed by atoms with Crippen molar-refractivity contribution in [2.75, 3.05) is 6.61 Å². The highest BCUT2D eigenvalue weighted by atomic mass is 16.5. The van der Waals surface area contributed by atoms with Crippen molar-refractivity contribution in [1.82, 2.24) is 0 Å². The van der Waals surface area contributed by atoms with Crippen LogP contribution < -0.4 is 10.6 Å². The summed E-state index contributed by atoms with van der Waals surface area (Å²) in [6.45, 7) is 0.0598. The number of nitrogens with two attached hydrogens (primary N) is 1. The van der Waals surface area contributed by atoms with Crippen LogP contribution in [0.1, 0.15) is 5.56 Å². The first-order valence-corrected chi connectivity index (χ1v) is 3.70. The molecular weight excluding hydrogens is 166 g/mol. The van der Waals surface area contributed by atoms with E-state index < -0.39 is 0 Å². The normalized spacial score (nSPS) is 9.77. The second-order valence-electron chi connectivity index (χ2n) is 2.29. The molecule has 0 heterocycles. The second-order valence-corrected chi connectivity index (χ2v) is 2.29. The Morgan fingerprint density at radius 2 is 2.15 bits per heavy atom. The highest BCUT2D eigenvalue weighted by Gasteiger charge is 1.91. The van der Waals surface area contributed by atoms with Crippen molar-refractivity contribution in [2.45, 2.75) is 0 Å². The number of hydrazone groups is 1. The Hall–Kier alpha value is -2.02. The number of nitrogens with zero attached hydrogens (tertiary/aromatic N) is 2. The molecule has 0 aromatic heterocycles. The van der Waals surface area contributed by atoms with E-state index in [1.54, 1.807) is 12.1 Å². The van der Waals surface area contributed by atoms with Gasteiger partial charge in [0.05, 0.1) is 6.21 Å². The van der Waals surface area contributed by atoms with Gasteiger partial charge in [-0.15, -0.1) is 0 Å².